The van der Waals surface area contributed by atoms with Gasteiger partial charge in [-0.3, -0.25) is 0 Å². The van der Waals surface area contributed by atoms with Crippen molar-refractivity contribution in [1.29, 1.82) is 0 Å². The van der Waals surface area contributed by atoms with Crippen molar-refractivity contribution >= 4 is 11.5 Å². The van der Waals surface area contributed by atoms with Crippen molar-refractivity contribution in [2.45, 2.75) is 19.3 Å². The Hall–Kier alpha value is -2.74. The molecule has 3 aromatic rings. The van der Waals surface area contributed by atoms with Crippen LogP contribution >= 0.6 is 0 Å². The fourth-order valence-electron chi connectivity index (χ4n) is 3.26. The van der Waals surface area contributed by atoms with Gasteiger partial charge >= 0.3 is 0 Å². The third kappa shape index (κ3) is 3.91. The Bertz CT molecular complexity index is 982. The maximum atomic E-state index is 14.1. The van der Waals surface area contributed by atoms with Crippen LogP contribution in [0.3, 0.4) is 0 Å². The van der Waals surface area contributed by atoms with Crippen LogP contribution in [-0.2, 0) is 5.92 Å². The molecule has 0 fully saturated rings. The van der Waals surface area contributed by atoms with Gasteiger partial charge in [-0.25, -0.2) is 18.3 Å². The number of nitrogens with one attached hydrogen (secondary N) is 1. The van der Waals surface area contributed by atoms with Crippen molar-refractivity contribution in [1.82, 2.24) is 19.5 Å². The fraction of sp³-hybridized carbons (Fsp3) is 0.400. The molecule has 2 aromatic heterocycles. The first-order valence-electron chi connectivity index (χ1n) is 9.33. The molecule has 0 amide bonds. The summed E-state index contributed by atoms with van der Waals surface area (Å²) in [5.74, 6) is -1.82. The van der Waals surface area contributed by atoms with E-state index >= 15 is 0 Å². The van der Waals surface area contributed by atoms with Gasteiger partial charge in [0.05, 0.1) is 6.20 Å². The van der Waals surface area contributed by atoms with Gasteiger partial charge in [-0.15, -0.1) is 0 Å². The second-order valence-electron chi connectivity index (χ2n) is 7.21. The standard InChI is InChI=1S/C20H23F2N5O/c1-20(21,22)15-10-14-11-16(12-15)28-9-8-26(2)6-3-5-23-18-4-7-27-19(25-18)17(14)13-24-27/h4,7,10-13H,3,5-6,8-9H2,1-2H3,(H,23,25). The van der Waals surface area contributed by atoms with Crippen LogP contribution in [0.1, 0.15) is 18.9 Å². The van der Waals surface area contributed by atoms with Crippen LogP contribution in [0.25, 0.3) is 16.8 Å². The summed E-state index contributed by atoms with van der Waals surface area (Å²) >= 11 is 0. The van der Waals surface area contributed by atoms with E-state index in [0.29, 0.717) is 35.7 Å². The lowest BCUT2D eigenvalue weighted by molar-refractivity contribution is 0.0172. The zero-order valence-corrected chi connectivity index (χ0v) is 16.0. The smallest absolute Gasteiger partial charge is 0.270 e. The summed E-state index contributed by atoms with van der Waals surface area (Å²) in [4.78, 5) is 6.80. The number of aromatic nitrogens is 3. The second kappa shape index (κ2) is 7.35. The number of fused-ring (bicyclic) bond motifs is 4. The molecule has 3 heterocycles. The van der Waals surface area contributed by atoms with Crippen molar-refractivity contribution in [3.63, 3.8) is 0 Å². The topological polar surface area (TPSA) is 54.7 Å². The van der Waals surface area contributed by atoms with Gasteiger partial charge in [-0.05, 0) is 49.8 Å². The Kier molecular flexibility index (Phi) is 4.89. The molecule has 0 radical (unpaired) electrons. The predicted molar refractivity (Wildman–Crippen MR) is 104 cm³/mol. The minimum absolute atomic E-state index is 0.0914. The Balaban J connectivity index is 1.84. The van der Waals surface area contributed by atoms with Crippen LogP contribution in [0, 0.1) is 0 Å². The monoisotopic (exact) mass is 387 g/mol. The van der Waals surface area contributed by atoms with Crippen molar-refractivity contribution in [3.05, 3.63) is 42.2 Å². The number of rotatable bonds is 1. The Morgan fingerprint density at radius 2 is 2.07 bits per heavy atom. The number of alkyl halides is 2. The third-order valence-corrected chi connectivity index (χ3v) is 4.86. The summed E-state index contributed by atoms with van der Waals surface area (Å²) in [6.07, 6.45) is 4.41. The predicted octanol–water partition coefficient (Wildman–Crippen LogP) is 3.63. The summed E-state index contributed by atoms with van der Waals surface area (Å²) in [6, 6.07) is 6.52. The van der Waals surface area contributed by atoms with E-state index < -0.39 is 5.92 Å². The van der Waals surface area contributed by atoms with Gasteiger partial charge < -0.3 is 15.0 Å². The zero-order valence-electron chi connectivity index (χ0n) is 16.0. The van der Waals surface area contributed by atoms with Gasteiger partial charge in [0.1, 0.15) is 18.2 Å². The van der Waals surface area contributed by atoms with E-state index in [1.165, 1.54) is 12.1 Å². The molecular formula is C20H23F2N5O. The Labute approximate surface area is 162 Å². The summed E-state index contributed by atoms with van der Waals surface area (Å²) in [6.45, 7) is 3.72. The summed E-state index contributed by atoms with van der Waals surface area (Å²) < 4.78 is 35.6. The van der Waals surface area contributed by atoms with E-state index in [2.05, 4.69) is 20.3 Å². The number of hydrogen-bond donors (Lipinski definition) is 1. The number of anilines is 1. The highest BCUT2D eigenvalue weighted by Crippen LogP contribution is 2.35. The average molecular weight is 387 g/mol. The number of likely N-dealkylation sites (N-methyl/N-ethyl adjacent to an activating group) is 1. The van der Waals surface area contributed by atoms with E-state index in [9.17, 15) is 8.78 Å². The molecule has 0 saturated heterocycles. The lowest BCUT2D eigenvalue weighted by Gasteiger charge is -2.18. The molecule has 148 valence electrons. The number of ether oxygens (including phenoxy) is 1. The summed E-state index contributed by atoms with van der Waals surface area (Å²) in [5, 5.41) is 7.63. The molecule has 1 aliphatic rings. The molecule has 4 rings (SSSR count). The molecule has 0 aliphatic carbocycles. The van der Waals surface area contributed by atoms with Gasteiger partial charge in [-0.2, -0.15) is 5.10 Å². The SMILES string of the molecule is CN1CCCNc2ccn3ncc(c3n2)-c2cc(cc(C(C)(F)F)c2)OCC1. The second-order valence-corrected chi connectivity index (χ2v) is 7.21. The van der Waals surface area contributed by atoms with Crippen LogP contribution < -0.4 is 10.1 Å². The molecule has 4 bridgehead atoms. The van der Waals surface area contributed by atoms with Gasteiger partial charge in [0.25, 0.3) is 5.92 Å². The highest BCUT2D eigenvalue weighted by atomic mass is 19.3. The highest BCUT2D eigenvalue weighted by Gasteiger charge is 2.26. The normalized spacial score (nSPS) is 16.3. The quantitative estimate of drug-likeness (QED) is 0.691. The maximum absolute atomic E-state index is 14.1. The first-order valence-corrected chi connectivity index (χ1v) is 9.33. The maximum Gasteiger partial charge on any atom is 0.270 e. The van der Waals surface area contributed by atoms with Crippen LogP contribution in [0.4, 0.5) is 14.6 Å². The first kappa shape index (κ1) is 18.6. The molecule has 1 aromatic carbocycles. The molecule has 0 spiro atoms. The van der Waals surface area contributed by atoms with E-state index in [1.54, 1.807) is 16.8 Å². The van der Waals surface area contributed by atoms with Crippen molar-refractivity contribution in [3.8, 4) is 16.9 Å². The lowest BCUT2D eigenvalue weighted by Crippen LogP contribution is -2.26. The molecule has 1 aliphatic heterocycles. The molecule has 0 saturated carbocycles. The fourth-order valence-corrected chi connectivity index (χ4v) is 3.26. The molecule has 28 heavy (non-hydrogen) atoms. The molecule has 0 unspecified atom stereocenters. The first-order chi connectivity index (χ1) is 13.4. The van der Waals surface area contributed by atoms with E-state index in [0.717, 1.165) is 32.3 Å². The molecular weight excluding hydrogens is 364 g/mol. The number of halogens is 2. The van der Waals surface area contributed by atoms with Gasteiger partial charge in [0, 0.05) is 37.3 Å². The Morgan fingerprint density at radius 1 is 1.21 bits per heavy atom. The number of benzene rings is 1. The zero-order chi connectivity index (χ0) is 19.7. The lowest BCUT2D eigenvalue weighted by atomic mass is 10.0. The Morgan fingerprint density at radius 3 is 2.89 bits per heavy atom. The van der Waals surface area contributed by atoms with Crippen LogP contribution in [0.15, 0.2) is 36.7 Å². The van der Waals surface area contributed by atoms with Crippen molar-refractivity contribution < 1.29 is 13.5 Å². The summed E-state index contributed by atoms with van der Waals surface area (Å²) in [7, 11) is 2.02. The number of hydrogen-bond acceptors (Lipinski definition) is 5. The van der Waals surface area contributed by atoms with Crippen molar-refractivity contribution in [2.24, 2.45) is 0 Å². The van der Waals surface area contributed by atoms with Crippen LogP contribution in [0.5, 0.6) is 5.75 Å². The highest BCUT2D eigenvalue weighted by molar-refractivity contribution is 5.79. The molecule has 8 heteroatoms. The molecule has 1 N–H and O–H groups in total. The van der Waals surface area contributed by atoms with Crippen molar-refractivity contribution in [2.75, 3.05) is 38.6 Å². The molecule has 0 atom stereocenters. The third-order valence-electron chi connectivity index (χ3n) is 4.86. The van der Waals surface area contributed by atoms with E-state index in [4.69, 9.17) is 4.74 Å². The number of nitrogens with zero attached hydrogens (tertiary/aromatic N) is 4. The van der Waals surface area contributed by atoms with E-state index in [1.807, 2.05) is 19.3 Å². The van der Waals surface area contributed by atoms with E-state index in [-0.39, 0.29) is 5.56 Å². The van der Waals surface area contributed by atoms with Gasteiger partial charge in [-0.1, -0.05) is 0 Å². The average Bonchev–Trinajstić information content (AvgIpc) is 3.07. The molecule has 6 nitrogen and oxygen atoms in total. The minimum Gasteiger partial charge on any atom is -0.492 e. The largest absolute Gasteiger partial charge is 0.492 e. The minimum atomic E-state index is -2.98. The van der Waals surface area contributed by atoms with Crippen LogP contribution in [0.2, 0.25) is 0 Å². The van der Waals surface area contributed by atoms with Gasteiger partial charge in [0.15, 0.2) is 5.65 Å². The summed E-state index contributed by atoms with van der Waals surface area (Å²) in [5.41, 5.74) is 1.81. The van der Waals surface area contributed by atoms with Gasteiger partial charge in [0.2, 0.25) is 0 Å². The van der Waals surface area contributed by atoms with Crippen LogP contribution in [-0.4, -0.2) is 52.8 Å².